The van der Waals surface area contributed by atoms with Crippen LogP contribution >= 0.6 is 0 Å². The summed E-state index contributed by atoms with van der Waals surface area (Å²) in [4.78, 5) is 23.3. The molecule has 2 unspecified atom stereocenters. The number of carbonyl (C=O) groups excluding carboxylic acids is 1. The topological polar surface area (TPSA) is 69.6 Å². The molecular weight excluding hydrogens is 338 g/mol. The molecule has 0 spiro atoms. The molecule has 1 aromatic rings. The molecule has 3 rings (SSSR count). The predicted octanol–water partition coefficient (Wildman–Crippen LogP) is 1.96. The van der Waals surface area contributed by atoms with Gasteiger partial charge in [-0.15, -0.1) is 0 Å². The molecule has 6 nitrogen and oxygen atoms in total. The van der Waals surface area contributed by atoms with E-state index >= 15 is 0 Å². The van der Waals surface area contributed by atoms with Gasteiger partial charge in [-0.05, 0) is 56.6 Å². The summed E-state index contributed by atoms with van der Waals surface area (Å²) in [7, 11) is 0. The first-order valence-electron chi connectivity index (χ1n) is 10.3. The third kappa shape index (κ3) is 5.59. The summed E-state index contributed by atoms with van der Waals surface area (Å²) < 4.78 is 0. The SMILES string of the molecule is CCN(CC)CCC(CNC(C)=O)NCC1C(=NC2CC2)c2ccnc1c2. The van der Waals surface area contributed by atoms with Gasteiger partial charge in [-0.3, -0.25) is 14.8 Å². The Balaban J connectivity index is 1.61. The zero-order valence-electron chi connectivity index (χ0n) is 16.9. The summed E-state index contributed by atoms with van der Waals surface area (Å²) in [5.74, 6) is 0.249. The van der Waals surface area contributed by atoms with Gasteiger partial charge in [-0.1, -0.05) is 13.8 Å². The minimum absolute atomic E-state index is 0.0230. The zero-order chi connectivity index (χ0) is 19.2. The molecule has 2 bridgehead atoms. The van der Waals surface area contributed by atoms with E-state index in [4.69, 9.17) is 4.99 Å². The summed E-state index contributed by atoms with van der Waals surface area (Å²) in [6.07, 6.45) is 5.32. The Morgan fingerprint density at radius 2 is 2.15 bits per heavy atom. The largest absolute Gasteiger partial charge is 0.355 e. The Hall–Kier alpha value is -1.79. The van der Waals surface area contributed by atoms with Crippen molar-refractivity contribution in [2.24, 2.45) is 4.99 Å². The van der Waals surface area contributed by atoms with Crippen LogP contribution < -0.4 is 10.6 Å². The molecule has 0 radical (unpaired) electrons. The molecule has 1 saturated carbocycles. The monoisotopic (exact) mass is 371 g/mol. The maximum absolute atomic E-state index is 11.4. The molecule has 2 atom stereocenters. The highest BCUT2D eigenvalue weighted by molar-refractivity contribution is 6.08. The van der Waals surface area contributed by atoms with Gasteiger partial charge in [0.25, 0.3) is 0 Å². The lowest BCUT2D eigenvalue weighted by molar-refractivity contribution is -0.119. The first kappa shape index (κ1) is 20.0. The summed E-state index contributed by atoms with van der Waals surface area (Å²) in [6, 6.07) is 5.00. The third-order valence-corrected chi connectivity index (χ3v) is 5.53. The number of pyridine rings is 1. The van der Waals surface area contributed by atoms with Crippen LogP contribution in [0.25, 0.3) is 0 Å². The standard InChI is InChI=1S/C21H33N5O/c1-4-26(5-2)11-9-18(13-23-15(3)27)24-14-19-20-12-16(8-10-22-20)21(19)25-17-6-7-17/h8,10,12,17-19,24H,4-7,9,11,13-14H2,1-3H3,(H,23,27). The fraction of sp³-hybridized carbons (Fsp3) is 0.667. The number of aliphatic imine (C=N–C) groups is 1. The predicted molar refractivity (Wildman–Crippen MR) is 109 cm³/mol. The van der Waals surface area contributed by atoms with Gasteiger partial charge < -0.3 is 15.5 Å². The molecular formula is C21H33N5O. The fourth-order valence-electron chi connectivity index (χ4n) is 3.61. The molecule has 2 aliphatic rings. The smallest absolute Gasteiger partial charge is 0.216 e. The number of fused-ring (bicyclic) bond motifs is 2. The number of amides is 1. The van der Waals surface area contributed by atoms with E-state index in [2.05, 4.69) is 46.5 Å². The molecule has 1 aromatic heterocycles. The summed E-state index contributed by atoms with van der Waals surface area (Å²) >= 11 is 0. The van der Waals surface area contributed by atoms with Crippen LogP contribution in [0.5, 0.6) is 0 Å². The first-order valence-corrected chi connectivity index (χ1v) is 10.3. The highest BCUT2D eigenvalue weighted by Gasteiger charge is 2.31. The van der Waals surface area contributed by atoms with Crippen LogP contribution in [0.2, 0.25) is 0 Å². The lowest BCUT2D eigenvalue weighted by Crippen LogP contribution is -2.44. The average molecular weight is 372 g/mol. The second-order valence-corrected chi connectivity index (χ2v) is 7.63. The van der Waals surface area contributed by atoms with Crippen molar-refractivity contribution < 1.29 is 4.79 Å². The number of nitrogens with one attached hydrogen (secondary N) is 2. The normalized spacial score (nSPS) is 21.0. The van der Waals surface area contributed by atoms with E-state index in [1.807, 2.05) is 6.20 Å². The van der Waals surface area contributed by atoms with Crippen LogP contribution in [0.4, 0.5) is 0 Å². The lowest BCUT2D eigenvalue weighted by Gasteiger charge is -2.25. The number of hydrogen-bond donors (Lipinski definition) is 2. The molecule has 27 heavy (non-hydrogen) atoms. The van der Waals surface area contributed by atoms with Crippen LogP contribution in [0.1, 0.15) is 57.2 Å². The zero-order valence-corrected chi connectivity index (χ0v) is 16.9. The molecule has 1 amide bonds. The highest BCUT2D eigenvalue weighted by atomic mass is 16.1. The second-order valence-electron chi connectivity index (χ2n) is 7.63. The second kappa shape index (κ2) is 9.42. The van der Waals surface area contributed by atoms with Crippen LogP contribution in [0.15, 0.2) is 23.3 Å². The summed E-state index contributed by atoms with van der Waals surface area (Å²) in [5.41, 5.74) is 3.53. The molecule has 2 aliphatic carbocycles. The third-order valence-electron chi connectivity index (χ3n) is 5.53. The lowest BCUT2D eigenvalue weighted by atomic mass is 10.0. The Labute approximate surface area is 162 Å². The molecule has 0 aromatic carbocycles. The minimum atomic E-state index is 0.0230. The van der Waals surface area contributed by atoms with Crippen molar-refractivity contribution in [1.29, 1.82) is 0 Å². The van der Waals surface area contributed by atoms with Crippen molar-refractivity contribution in [3.63, 3.8) is 0 Å². The van der Waals surface area contributed by atoms with Crippen molar-refractivity contribution in [3.05, 3.63) is 29.6 Å². The van der Waals surface area contributed by atoms with Crippen molar-refractivity contribution in [3.8, 4) is 0 Å². The van der Waals surface area contributed by atoms with Crippen molar-refractivity contribution in [2.75, 3.05) is 32.7 Å². The van der Waals surface area contributed by atoms with Gasteiger partial charge in [0.1, 0.15) is 0 Å². The van der Waals surface area contributed by atoms with Crippen LogP contribution in [0.3, 0.4) is 0 Å². The number of rotatable bonds is 11. The van der Waals surface area contributed by atoms with E-state index < -0.39 is 0 Å². The number of nitrogens with zero attached hydrogens (tertiary/aromatic N) is 3. The molecule has 0 saturated heterocycles. The number of aromatic nitrogens is 1. The van der Waals surface area contributed by atoms with Crippen LogP contribution in [0, 0.1) is 0 Å². The van der Waals surface area contributed by atoms with Gasteiger partial charge in [-0.25, -0.2) is 0 Å². The van der Waals surface area contributed by atoms with Crippen LogP contribution in [-0.4, -0.2) is 66.3 Å². The van der Waals surface area contributed by atoms with E-state index in [9.17, 15) is 4.79 Å². The van der Waals surface area contributed by atoms with E-state index in [0.717, 1.165) is 38.3 Å². The molecule has 148 valence electrons. The Kier molecular flexibility index (Phi) is 6.96. The van der Waals surface area contributed by atoms with Crippen molar-refractivity contribution >= 4 is 11.6 Å². The maximum Gasteiger partial charge on any atom is 0.216 e. The summed E-state index contributed by atoms with van der Waals surface area (Å²) in [6.45, 7) is 10.6. The Morgan fingerprint density at radius 1 is 1.37 bits per heavy atom. The quantitative estimate of drug-likeness (QED) is 0.624. The molecule has 1 fully saturated rings. The minimum Gasteiger partial charge on any atom is -0.355 e. The molecule has 1 heterocycles. The van der Waals surface area contributed by atoms with Crippen LogP contribution in [-0.2, 0) is 4.79 Å². The Morgan fingerprint density at radius 3 is 2.81 bits per heavy atom. The van der Waals surface area contributed by atoms with E-state index in [-0.39, 0.29) is 17.9 Å². The Bertz CT molecular complexity index is 666. The van der Waals surface area contributed by atoms with Gasteiger partial charge in [0.2, 0.25) is 5.91 Å². The molecule has 0 aliphatic heterocycles. The van der Waals surface area contributed by atoms with Crippen molar-refractivity contribution in [1.82, 2.24) is 20.5 Å². The van der Waals surface area contributed by atoms with Gasteiger partial charge in [0, 0.05) is 32.3 Å². The molecule has 2 N–H and O–H groups in total. The number of carbonyl (C=O) groups is 1. The van der Waals surface area contributed by atoms with E-state index in [1.54, 1.807) is 6.92 Å². The maximum atomic E-state index is 11.4. The van der Waals surface area contributed by atoms with Gasteiger partial charge in [0.05, 0.1) is 23.4 Å². The van der Waals surface area contributed by atoms with Crippen molar-refractivity contribution in [2.45, 2.75) is 58.0 Å². The average Bonchev–Trinajstić information content (AvgIpc) is 3.45. The van der Waals surface area contributed by atoms with Gasteiger partial charge in [0.15, 0.2) is 0 Å². The van der Waals surface area contributed by atoms with Gasteiger partial charge >= 0.3 is 0 Å². The fourth-order valence-corrected chi connectivity index (χ4v) is 3.61. The highest BCUT2D eigenvalue weighted by Crippen LogP contribution is 2.32. The molecule has 6 heteroatoms. The van der Waals surface area contributed by atoms with Gasteiger partial charge in [-0.2, -0.15) is 0 Å². The number of hydrogen-bond acceptors (Lipinski definition) is 5. The van der Waals surface area contributed by atoms with E-state index in [1.165, 1.54) is 24.1 Å². The first-order chi connectivity index (χ1) is 13.1. The summed E-state index contributed by atoms with van der Waals surface area (Å²) in [5, 5.41) is 6.67. The van der Waals surface area contributed by atoms with E-state index in [0.29, 0.717) is 12.6 Å².